The van der Waals surface area contributed by atoms with E-state index in [0.29, 0.717) is 11.6 Å². The summed E-state index contributed by atoms with van der Waals surface area (Å²) in [5.74, 6) is -0.883. The van der Waals surface area contributed by atoms with Crippen molar-refractivity contribution in [1.29, 1.82) is 0 Å². The van der Waals surface area contributed by atoms with Crippen LogP contribution < -0.4 is 14.8 Å². The lowest BCUT2D eigenvalue weighted by Gasteiger charge is -2.13. The molecule has 1 amide bonds. The van der Waals surface area contributed by atoms with Gasteiger partial charge in [0.25, 0.3) is 5.91 Å². The zero-order valence-corrected chi connectivity index (χ0v) is 17.0. The minimum atomic E-state index is -3.08. The molecule has 9 heteroatoms. The lowest BCUT2D eigenvalue weighted by atomic mass is 10.1. The first-order valence-corrected chi connectivity index (χ1v) is 9.69. The largest absolute Gasteiger partial charge is 0.493 e. The van der Waals surface area contributed by atoms with E-state index in [2.05, 4.69) is 31.0 Å². The Hall–Kier alpha value is -2.52. The maximum atomic E-state index is 12.7. The number of nitrogens with zero attached hydrogens (tertiary/aromatic N) is 1. The van der Waals surface area contributed by atoms with E-state index >= 15 is 0 Å². The van der Waals surface area contributed by atoms with E-state index in [9.17, 15) is 13.6 Å². The molecule has 1 aromatic heterocycles. The second-order valence-electron chi connectivity index (χ2n) is 5.60. The van der Waals surface area contributed by atoms with E-state index in [1.165, 1.54) is 36.6 Å². The van der Waals surface area contributed by atoms with Crippen LogP contribution in [0.4, 0.5) is 13.9 Å². The molecule has 28 heavy (non-hydrogen) atoms. The summed E-state index contributed by atoms with van der Waals surface area (Å²) >= 11 is 4.70. The Bertz CT molecular complexity index is 964. The highest BCUT2D eigenvalue weighted by molar-refractivity contribution is 9.10. The number of rotatable bonds is 7. The first-order valence-electron chi connectivity index (χ1n) is 8.08. The topological polar surface area (TPSA) is 60.5 Å². The summed E-state index contributed by atoms with van der Waals surface area (Å²) < 4.78 is 35.9. The van der Waals surface area contributed by atoms with Gasteiger partial charge in [-0.15, -0.1) is 11.3 Å². The first-order chi connectivity index (χ1) is 13.5. The molecule has 1 heterocycles. The predicted octanol–water partition coefficient (Wildman–Crippen LogP) is 5.36. The Labute approximate surface area is 172 Å². The number of hydrogen-bond donors (Lipinski definition) is 1. The Morgan fingerprint density at radius 1 is 1.25 bits per heavy atom. The number of carbonyl (C=O) groups is 1. The maximum absolute atomic E-state index is 12.7. The minimum Gasteiger partial charge on any atom is -0.493 e. The number of thiazole rings is 1. The third kappa shape index (κ3) is 5.05. The predicted molar refractivity (Wildman–Crippen MR) is 107 cm³/mol. The number of halogens is 3. The molecule has 0 atom stereocenters. The van der Waals surface area contributed by atoms with Crippen molar-refractivity contribution >= 4 is 38.3 Å². The molecule has 0 fully saturated rings. The third-order valence-corrected chi connectivity index (χ3v) is 5.16. The van der Waals surface area contributed by atoms with Crippen LogP contribution in [-0.2, 0) is 6.42 Å². The molecule has 0 saturated carbocycles. The number of amides is 1. The quantitative estimate of drug-likeness (QED) is 0.506. The Kier molecular flexibility index (Phi) is 6.58. The van der Waals surface area contributed by atoms with Gasteiger partial charge in [-0.2, -0.15) is 8.78 Å². The molecular weight excluding hydrogens is 454 g/mol. The molecule has 0 aliphatic heterocycles. The highest BCUT2D eigenvalue weighted by Crippen LogP contribution is 2.33. The van der Waals surface area contributed by atoms with Crippen LogP contribution in [0.25, 0.3) is 0 Å². The molecule has 0 unspecified atom stereocenters. The van der Waals surface area contributed by atoms with Gasteiger partial charge in [-0.05, 0) is 29.8 Å². The number of nitrogens with one attached hydrogen (secondary N) is 1. The molecule has 3 rings (SSSR count). The van der Waals surface area contributed by atoms with Gasteiger partial charge >= 0.3 is 6.61 Å². The van der Waals surface area contributed by atoms with Crippen molar-refractivity contribution in [3.8, 4) is 11.5 Å². The maximum Gasteiger partial charge on any atom is 0.387 e. The first kappa shape index (κ1) is 20.2. The Morgan fingerprint density at radius 3 is 2.68 bits per heavy atom. The van der Waals surface area contributed by atoms with E-state index in [0.717, 1.165) is 14.9 Å². The lowest BCUT2D eigenvalue weighted by molar-refractivity contribution is -0.0515. The van der Waals surface area contributed by atoms with Gasteiger partial charge < -0.3 is 9.47 Å². The summed E-state index contributed by atoms with van der Waals surface area (Å²) in [7, 11) is 1.31. The number of anilines is 1. The number of methoxy groups -OCH3 is 1. The monoisotopic (exact) mass is 468 g/mol. The fraction of sp³-hybridized carbons (Fsp3) is 0.158. The highest BCUT2D eigenvalue weighted by atomic mass is 79.9. The molecule has 0 saturated heterocycles. The van der Waals surface area contributed by atoms with Crippen molar-refractivity contribution in [2.24, 2.45) is 0 Å². The molecule has 146 valence electrons. The second-order valence-corrected chi connectivity index (χ2v) is 7.64. The van der Waals surface area contributed by atoms with Crippen LogP contribution in [0.2, 0.25) is 0 Å². The average Bonchev–Trinajstić information content (AvgIpc) is 3.10. The minimum absolute atomic E-state index is 0.0445. The number of para-hydroxylation sites is 1. The van der Waals surface area contributed by atoms with Crippen LogP contribution in [0.5, 0.6) is 11.5 Å². The average molecular weight is 469 g/mol. The summed E-state index contributed by atoms with van der Waals surface area (Å²) in [4.78, 5) is 17.7. The number of aromatic nitrogens is 1. The van der Waals surface area contributed by atoms with E-state index in [1.54, 1.807) is 6.20 Å². The van der Waals surface area contributed by atoms with Crippen molar-refractivity contribution in [1.82, 2.24) is 4.98 Å². The van der Waals surface area contributed by atoms with E-state index in [-0.39, 0.29) is 17.1 Å². The van der Waals surface area contributed by atoms with Crippen LogP contribution in [0.3, 0.4) is 0 Å². The molecule has 0 aliphatic rings. The molecule has 0 aliphatic carbocycles. The van der Waals surface area contributed by atoms with E-state index < -0.39 is 12.5 Å². The van der Waals surface area contributed by atoms with E-state index in [4.69, 9.17) is 4.74 Å². The van der Waals surface area contributed by atoms with Gasteiger partial charge in [0.2, 0.25) is 0 Å². The van der Waals surface area contributed by atoms with Crippen LogP contribution in [0.1, 0.15) is 20.8 Å². The molecule has 0 spiro atoms. The summed E-state index contributed by atoms with van der Waals surface area (Å²) in [6, 6.07) is 12.2. The number of ether oxygens (including phenoxy) is 2. The normalized spacial score (nSPS) is 10.8. The van der Waals surface area contributed by atoms with Crippen LogP contribution in [-0.4, -0.2) is 24.6 Å². The van der Waals surface area contributed by atoms with Crippen molar-refractivity contribution in [3.05, 3.63) is 69.1 Å². The van der Waals surface area contributed by atoms with Gasteiger partial charge in [0, 0.05) is 22.0 Å². The number of benzene rings is 2. The van der Waals surface area contributed by atoms with Crippen molar-refractivity contribution in [2.75, 3.05) is 12.4 Å². The summed E-state index contributed by atoms with van der Waals surface area (Å²) in [5, 5.41) is 2.98. The lowest BCUT2D eigenvalue weighted by Crippen LogP contribution is -2.15. The van der Waals surface area contributed by atoms with Crippen molar-refractivity contribution in [3.63, 3.8) is 0 Å². The fourth-order valence-corrected chi connectivity index (χ4v) is 3.59. The van der Waals surface area contributed by atoms with Gasteiger partial charge in [0.1, 0.15) is 0 Å². The fourth-order valence-electron chi connectivity index (χ4n) is 2.48. The van der Waals surface area contributed by atoms with E-state index in [1.807, 2.05) is 24.3 Å². The molecule has 2 aromatic carbocycles. The van der Waals surface area contributed by atoms with Crippen molar-refractivity contribution in [2.45, 2.75) is 13.0 Å². The SMILES string of the molecule is COc1cccc(C(=O)Nc2ncc(Cc3ccc(Br)cc3)s2)c1OC(F)F. The van der Waals surface area contributed by atoms with Gasteiger partial charge in [-0.3, -0.25) is 10.1 Å². The third-order valence-electron chi connectivity index (χ3n) is 3.72. The second kappa shape index (κ2) is 9.11. The highest BCUT2D eigenvalue weighted by Gasteiger charge is 2.21. The zero-order chi connectivity index (χ0) is 20.1. The zero-order valence-electron chi connectivity index (χ0n) is 14.6. The number of carbonyl (C=O) groups excluding carboxylic acids is 1. The smallest absolute Gasteiger partial charge is 0.387 e. The molecule has 1 N–H and O–H groups in total. The molecule has 0 bridgehead atoms. The Morgan fingerprint density at radius 2 is 2.00 bits per heavy atom. The van der Waals surface area contributed by atoms with Crippen molar-refractivity contribution < 1.29 is 23.0 Å². The van der Waals surface area contributed by atoms with Gasteiger partial charge in [0.05, 0.1) is 12.7 Å². The summed E-state index contributed by atoms with van der Waals surface area (Å²) in [6.07, 6.45) is 2.34. The van der Waals surface area contributed by atoms with Crippen LogP contribution >= 0.6 is 27.3 Å². The van der Waals surface area contributed by atoms with Gasteiger partial charge in [-0.1, -0.05) is 34.1 Å². The van der Waals surface area contributed by atoms with Crippen LogP contribution in [0.15, 0.2) is 53.1 Å². The molecular formula is C19H15BrF2N2O3S. The van der Waals surface area contributed by atoms with Crippen LogP contribution in [0, 0.1) is 0 Å². The standard InChI is InChI=1S/C19H15BrF2N2O3S/c1-26-15-4-2-3-14(16(15)27-18(21)22)17(25)24-19-23-10-13(28-19)9-11-5-7-12(20)8-6-11/h2-8,10,18H,9H2,1H3,(H,23,24,25). The summed E-state index contributed by atoms with van der Waals surface area (Å²) in [6.45, 7) is -3.08. The summed E-state index contributed by atoms with van der Waals surface area (Å²) in [5.41, 5.74) is 1.04. The Balaban J connectivity index is 1.75. The molecule has 0 radical (unpaired) electrons. The number of alkyl halides is 2. The molecule has 3 aromatic rings. The van der Waals surface area contributed by atoms with Gasteiger partial charge in [-0.25, -0.2) is 4.98 Å². The van der Waals surface area contributed by atoms with Gasteiger partial charge in [0.15, 0.2) is 16.6 Å². The number of hydrogen-bond acceptors (Lipinski definition) is 5. The molecule has 5 nitrogen and oxygen atoms in total.